The molecule has 0 fully saturated rings. The molecule has 0 bridgehead atoms. The van der Waals surface area contributed by atoms with E-state index >= 15 is 0 Å². The van der Waals surface area contributed by atoms with Crippen LogP contribution in [0.5, 0.6) is 0 Å². The van der Waals surface area contributed by atoms with E-state index in [0.717, 1.165) is 19.3 Å². The molecule has 0 aromatic heterocycles. The molecule has 4 rings (SSSR count). The monoisotopic (exact) mass is 364 g/mol. The summed E-state index contributed by atoms with van der Waals surface area (Å²) < 4.78 is 5.73. The van der Waals surface area contributed by atoms with Gasteiger partial charge < -0.3 is 4.74 Å². The van der Waals surface area contributed by atoms with Crippen LogP contribution in [0.1, 0.15) is 16.7 Å². The van der Waals surface area contributed by atoms with Crippen molar-refractivity contribution in [1.82, 2.24) is 0 Å². The van der Waals surface area contributed by atoms with Gasteiger partial charge in [0.25, 0.3) is 0 Å². The second-order valence-electron chi connectivity index (χ2n) is 7.07. The third-order valence-electron chi connectivity index (χ3n) is 5.03. The van der Waals surface area contributed by atoms with E-state index in [0.29, 0.717) is 0 Å². The average Bonchev–Trinajstić information content (AvgIpc) is 2.93. The van der Waals surface area contributed by atoms with Gasteiger partial charge in [0.1, 0.15) is 0 Å². The van der Waals surface area contributed by atoms with Gasteiger partial charge in [0, 0.05) is 6.42 Å². The fourth-order valence-electron chi connectivity index (χ4n) is 3.59. The van der Waals surface area contributed by atoms with E-state index in [1.54, 1.807) is 6.26 Å². The van der Waals surface area contributed by atoms with Crippen LogP contribution in [0.25, 0.3) is 0 Å². The number of allylic oxidation sites excluding steroid dienone is 4. The molecule has 0 radical (unpaired) electrons. The Kier molecular flexibility index (Phi) is 5.84. The molecule has 0 saturated heterocycles. The molecule has 0 spiro atoms. The van der Waals surface area contributed by atoms with Crippen molar-refractivity contribution in [3.63, 3.8) is 0 Å². The van der Waals surface area contributed by atoms with Crippen LogP contribution in [0, 0.1) is 0 Å². The summed E-state index contributed by atoms with van der Waals surface area (Å²) in [5, 5.41) is 0. The third kappa shape index (κ3) is 4.69. The van der Waals surface area contributed by atoms with Crippen LogP contribution in [0.2, 0.25) is 0 Å². The van der Waals surface area contributed by atoms with Crippen LogP contribution in [0.3, 0.4) is 0 Å². The normalized spacial score (nSPS) is 13.6. The van der Waals surface area contributed by atoms with Crippen molar-refractivity contribution in [3.05, 3.63) is 143 Å². The van der Waals surface area contributed by atoms with Crippen molar-refractivity contribution >= 4 is 0 Å². The Morgan fingerprint density at radius 2 is 1.04 bits per heavy atom. The highest BCUT2D eigenvalue weighted by molar-refractivity contribution is 5.47. The Balaban J connectivity index is 1.72. The first-order valence-electron chi connectivity index (χ1n) is 9.74. The second kappa shape index (κ2) is 9.05. The zero-order valence-electron chi connectivity index (χ0n) is 15.9. The first-order chi connectivity index (χ1) is 13.9. The maximum Gasteiger partial charge on any atom is 0.0939 e. The highest BCUT2D eigenvalue weighted by atomic mass is 16.5. The molecule has 28 heavy (non-hydrogen) atoms. The summed E-state index contributed by atoms with van der Waals surface area (Å²) in [6, 6.07) is 31.9. The van der Waals surface area contributed by atoms with Gasteiger partial charge in [-0.05, 0) is 52.3 Å². The molecule has 0 atom stereocenters. The van der Waals surface area contributed by atoms with Crippen molar-refractivity contribution in [1.29, 1.82) is 0 Å². The highest BCUT2D eigenvalue weighted by Crippen LogP contribution is 2.28. The zero-order valence-corrected chi connectivity index (χ0v) is 15.9. The van der Waals surface area contributed by atoms with E-state index in [-0.39, 0.29) is 0 Å². The Hall–Kier alpha value is -3.32. The van der Waals surface area contributed by atoms with Gasteiger partial charge in [-0.3, -0.25) is 0 Å². The van der Waals surface area contributed by atoms with Gasteiger partial charge in [-0.1, -0.05) is 91.0 Å². The lowest BCUT2D eigenvalue weighted by Crippen LogP contribution is -2.04. The molecular weight excluding hydrogens is 340 g/mol. The molecule has 0 amide bonds. The first kappa shape index (κ1) is 18.1. The molecule has 0 unspecified atom stereocenters. The maximum atomic E-state index is 5.73. The summed E-state index contributed by atoms with van der Waals surface area (Å²) in [6.07, 6.45) is 8.51. The molecule has 1 heteroatoms. The topological polar surface area (TPSA) is 9.23 Å². The van der Waals surface area contributed by atoms with E-state index in [2.05, 4.69) is 97.1 Å². The molecule has 1 aliphatic heterocycles. The first-order valence-corrected chi connectivity index (χ1v) is 9.74. The number of hydrogen-bond acceptors (Lipinski definition) is 1. The summed E-state index contributed by atoms with van der Waals surface area (Å²) in [7, 11) is 0. The molecule has 1 nitrogen and oxygen atoms in total. The smallest absolute Gasteiger partial charge is 0.0939 e. The zero-order chi connectivity index (χ0) is 19.0. The SMILES string of the molecule is C1=CC(Cc2ccccc2)=C(Cc2ccccc2)C(Cc2ccccc2)=CO1. The Morgan fingerprint density at radius 1 is 0.536 bits per heavy atom. The molecular formula is C27H24O. The lowest BCUT2D eigenvalue weighted by molar-refractivity contribution is 0.399. The minimum Gasteiger partial charge on any atom is -0.472 e. The van der Waals surface area contributed by atoms with Gasteiger partial charge in [0.15, 0.2) is 0 Å². The molecule has 1 aliphatic rings. The van der Waals surface area contributed by atoms with E-state index in [4.69, 9.17) is 4.74 Å². The summed E-state index contributed by atoms with van der Waals surface area (Å²) in [6.45, 7) is 0. The summed E-state index contributed by atoms with van der Waals surface area (Å²) >= 11 is 0. The van der Waals surface area contributed by atoms with Gasteiger partial charge in [-0.25, -0.2) is 0 Å². The van der Waals surface area contributed by atoms with Crippen LogP contribution < -0.4 is 0 Å². The molecule has 0 saturated carbocycles. The van der Waals surface area contributed by atoms with Crippen molar-refractivity contribution in [2.75, 3.05) is 0 Å². The molecule has 0 aliphatic carbocycles. The number of ether oxygens (including phenoxy) is 1. The fraction of sp³-hybridized carbons (Fsp3) is 0.111. The third-order valence-corrected chi connectivity index (χ3v) is 5.03. The van der Waals surface area contributed by atoms with Gasteiger partial charge in [-0.15, -0.1) is 0 Å². The summed E-state index contributed by atoms with van der Waals surface area (Å²) in [4.78, 5) is 0. The van der Waals surface area contributed by atoms with Crippen molar-refractivity contribution in [3.8, 4) is 0 Å². The van der Waals surface area contributed by atoms with E-state index < -0.39 is 0 Å². The van der Waals surface area contributed by atoms with E-state index in [1.807, 2.05) is 6.26 Å². The van der Waals surface area contributed by atoms with Crippen LogP contribution in [-0.4, -0.2) is 0 Å². The number of hydrogen-bond donors (Lipinski definition) is 0. The lowest BCUT2D eigenvalue weighted by atomic mass is 9.88. The van der Waals surface area contributed by atoms with Crippen LogP contribution in [-0.2, 0) is 24.0 Å². The van der Waals surface area contributed by atoms with Gasteiger partial charge in [0.2, 0.25) is 0 Å². The second-order valence-corrected chi connectivity index (χ2v) is 7.07. The van der Waals surface area contributed by atoms with Crippen LogP contribution in [0.4, 0.5) is 0 Å². The standard InChI is InChI=1S/C27H24O/c1-4-10-22(11-5-1)18-25-16-17-28-21-26(19-23-12-6-2-7-13-23)27(25)20-24-14-8-3-9-15-24/h1-17,21H,18-20H2. The molecule has 1 heterocycles. The van der Waals surface area contributed by atoms with Crippen LogP contribution >= 0.6 is 0 Å². The van der Waals surface area contributed by atoms with Crippen molar-refractivity contribution in [2.24, 2.45) is 0 Å². The fourth-order valence-corrected chi connectivity index (χ4v) is 3.59. The minimum absolute atomic E-state index is 0.864. The Morgan fingerprint density at radius 3 is 1.61 bits per heavy atom. The van der Waals surface area contributed by atoms with Crippen molar-refractivity contribution in [2.45, 2.75) is 19.3 Å². The Labute approximate surface area is 167 Å². The quantitative estimate of drug-likeness (QED) is 0.489. The summed E-state index contributed by atoms with van der Waals surface area (Å²) in [5.41, 5.74) is 7.84. The van der Waals surface area contributed by atoms with Gasteiger partial charge >= 0.3 is 0 Å². The highest BCUT2D eigenvalue weighted by Gasteiger charge is 2.15. The largest absolute Gasteiger partial charge is 0.472 e. The molecule has 3 aromatic rings. The summed E-state index contributed by atoms with van der Waals surface area (Å²) in [5.74, 6) is 0. The van der Waals surface area contributed by atoms with E-state index in [9.17, 15) is 0 Å². The van der Waals surface area contributed by atoms with Crippen molar-refractivity contribution < 1.29 is 4.74 Å². The predicted octanol–water partition coefficient (Wildman–Crippen LogP) is 6.44. The lowest BCUT2D eigenvalue weighted by Gasteiger charge is -2.16. The van der Waals surface area contributed by atoms with Gasteiger partial charge in [0.05, 0.1) is 12.5 Å². The maximum absolute atomic E-state index is 5.73. The van der Waals surface area contributed by atoms with E-state index in [1.165, 1.54) is 33.4 Å². The Bertz CT molecular complexity index is 980. The molecule has 138 valence electrons. The van der Waals surface area contributed by atoms with Gasteiger partial charge in [-0.2, -0.15) is 0 Å². The minimum atomic E-state index is 0.864. The molecule has 3 aromatic carbocycles. The number of benzene rings is 3. The predicted molar refractivity (Wildman–Crippen MR) is 116 cm³/mol. The van der Waals surface area contributed by atoms with Crippen LogP contribution in [0.15, 0.2) is 126 Å². The molecule has 0 N–H and O–H groups in total. The number of rotatable bonds is 6. The average molecular weight is 364 g/mol.